The summed E-state index contributed by atoms with van der Waals surface area (Å²) < 4.78 is 29.3. The van der Waals surface area contributed by atoms with Crippen LogP contribution in [0.5, 0.6) is 5.75 Å². The van der Waals surface area contributed by atoms with Gasteiger partial charge in [0, 0.05) is 0 Å². The fourth-order valence-corrected chi connectivity index (χ4v) is 5.77. The average molecular weight is 444 g/mol. The monoisotopic (exact) mass is 444 g/mol. The molecule has 2 saturated heterocycles. The summed E-state index contributed by atoms with van der Waals surface area (Å²) in [7, 11) is -1.37. The zero-order chi connectivity index (χ0) is 20.5. The van der Waals surface area contributed by atoms with Gasteiger partial charge >= 0.3 is 8.60 Å². The number of phenols is 1. The summed E-state index contributed by atoms with van der Waals surface area (Å²) in [6.45, 7) is 6.67. The van der Waals surface area contributed by atoms with Crippen LogP contribution in [0.4, 0.5) is 0 Å². The lowest BCUT2D eigenvalue weighted by atomic mass is 9.81. The van der Waals surface area contributed by atoms with Gasteiger partial charge in [-0.15, -0.1) is 0 Å². The van der Waals surface area contributed by atoms with E-state index < -0.39 is 14.0 Å². The number of hydrogen-bond donors (Lipinski definition) is 1. The Morgan fingerprint density at radius 1 is 1.14 bits per heavy atom. The number of hydrogen-bond acceptors (Lipinski definition) is 6. The predicted octanol–water partition coefficient (Wildman–Crippen LogP) is 6.26. The molecule has 2 aliphatic heterocycles. The second kappa shape index (κ2) is 11.9. The Morgan fingerprint density at radius 2 is 1.90 bits per heavy atom. The first-order chi connectivity index (χ1) is 14.1. The number of phenolic OH excluding ortho intramolecular Hbond substituents is 1. The van der Waals surface area contributed by atoms with Crippen LogP contribution < -0.4 is 0 Å². The molecule has 8 heteroatoms. The van der Waals surface area contributed by atoms with Gasteiger partial charge in [-0.3, -0.25) is 0 Å². The van der Waals surface area contributed by atoms with Crippen molar-refractivity contribution in [1.82, 2.24) is 0 Å². The SMILES string of the molecule is CC(C)CCCCCCCOP1OCC2(COPOC2)C(c2cccc(O)c2)O1. The van der Waals surface area contributed by atoms with Crippen molar-refractivity contribution < 1.29 is 27.7 Å². The normalized spacial score (nSPS) is 28.4. The Bertz CT molecular complexity index is 609. The topological polar surface area (TPSA) is 66.4 Å². The summed E-state index contributed by atoms with van der Waals surface area (Å²) in [5, 5.41) is 9.91. The minimum Gasteiger partial charge on any atom is -0.508 e. The second-order valence-electron chi connectivity index (χ2n) is 8.38. The van der Waals surface area contributed by atoms with Crippen LogP contribution in [0.25, 0.3) is 0 Å². The van der Waals surface area contributed by atoms with Gasteiger partial charge in [0.1, 0.15) is 11.9 Å². The Kier molecular flexibility index (Phi) is 9.58. The minimum absolute atomic E-state index is 0.0503. The molecule has 0 amide bonds. The molecule has 0 aliphatic carbocycles. The molecule has 164 valence electrons. The highest BCUT2D eigenvalue weighted by atomic mass is 31.2. The van der Waals surface area contributed by atoms with Crippen LogP contribution in [0.2, 0.25) is 0 Å². The van der Waals surface area contributed by atoms with Crippen LogP contribution in [0.1, 0.15) is 64.0 Å². The number of benzene rings is 1. The molecule has 1 aromatic rings. The van der Waals surface area contributed by atoms with Crippen molar-refractivity contribution in [2.75, 3.05) is 26.4 Å². The first-order valence-corrected chi connectivity index (χ1v) is 12.5. The van der Waals surface area contributed by atoms with Gasteiger partial charge in [0.25, 0.3) is 0 Å². The average Bonchev–Trinajstić information content (AvgIpc) is 2.71. The third-order valence-electron chi connectivity index (χ3n) is 5.34. The predicted molar refractivity (Wildman–Crippen MR) is 116 cm³/mol. The smallest absolute Gasteiger partial charge is 0.333 e. The molecule has 0 radical (unpaired) electrons. The van der Waals surface area contributed by atoms with Gasteiger partial charge < -0.3 is 27.7 Å². The summed E-state index contributed by atoms with van der Waals surface area (Å²) in [5.74, 6) is 1.01. The van der Waals surface area contributed by atoms with Crippen LogP contribution in [-0.2, 0) is 22.6 Å². The van der Waals surface area contributed by atoms with Crippen LogP contribution >= 0.6 is 17.6 Å². The molecule has 1 aromatic carbocycles. The van der Waals surface area contributed by atoms with Crippen molar-refractivity contribution in [3.05, 3.63) is 29.8 Å². The molecule has 0 bridgehead atoms. The maximum atomic E-state index is 9.91. The summed E-state index contributed by atoms with van der Waals surface area (Å²) in [6.07, 6.45) is 7.07. The molecule has 0 aromatic heterocycles. The van der Waals surface area contributed by atoms with E-state index in [1.807, 2.05) is 12.1 Å². The van der Waals surface area contributed by atoms with E-state index in [9.17, 15) is 5.11 Å². The number of aromatic hydroxyl groups is 1. The highest BCUT2D eigenvalue weighted by molar-refractivity contribution is 7.41. The largest absolute Gasteiger partial charge is 0.508 e. The molecule has 29 heavy (non-hydrogen) atoms. The second-order valence-corrected chi connectivity index (χ2v) is 10.3. The Labute approximate surface area is 177 Å². The molecule has 6 nitrogen and oxygen atoms in total. The fourth-order valence-electron chi connectivity index (χ4n) is 3.64. The van der Waals surface area contributed by atoms with E-state index in [1.165, 1.54) is 32.1 Å². The number of rotatable bonds is 10. The third-order valence-corrected chi connectivity index (χ3v) is 6.98. The van der Waals surface area contributed by atoms with Gasteiger partial charge in [0.2, 0.25) is 0 Å². The van der Waals surface area contributed by atoms with E-state index in [1.54, 1.807) is 12.1 Å². The zero-order valence-electron chi connectivity index (χ0n) is 17.5. The first kappa shape index (κ1) is 23.3. The van der Waals surface area contributed by atoms with Gasteiger partial charge in [-0.25, -0.2) is 0 Å². The molecule has 2 fully saturated rings. The van der Waals surface area contributed by atoms with Crippen molar-refractivity contribution in [3.63, 3.8) is 0 Å². The molecular formula is C21H34O6P2. The fraction of sp³-hybridized carbons (Fsp3) is 0.714. The zero-order valence-corrected chi connectivity index (χ0v) is 19.4. The number of unbranched alkanes of at least 4 members (excludes halogenated alkanes) is 4. The molecule has 2 atom stereocenters. The van der Waals surface area contributed by atoms with E-state index in [4.69, 9.17) is 22.6 Å². The van der Waals surface area contributed by atoms with Crippen molar-refractivity contribution in [3.8, 4) is 5.75 Å². The summed E-state index contributed by atoms with van der Waals surface area (Å²) in [6, 6.07) is 7.18. The van der Waals surface area contributed by atoms with Gasteiger partial charge in [-0.2, -0.15) is 0 Å². The maximum absolute atomic E-state index is 9.91. The highest BCUT2D eigenvalue weighted by Gasteiger charge is 2.49. The van der Waals surface area contributed by atoms with Gasteiger partial charge in [0.05, 0.1) is 31.8 Å². The lowest BCUT2D eigenvalue weighted by Crippen LogP contribution is -2.46. The van der Waals surface area contributed by atoms with Crippen LogP contribution in [0.3, 0.4) is 0 Å². The summed E-state index contributed by atoms with van der Waals surface area (Å²) in [4.78, 5) is 0. The van der Waals surface area contributed by atoms with Crippen LogP contribution in [0.15, 0.2) is 24.3 Å². The van der Waals surface area contributed by atoms with Gasteiger partial charge in [-0.1, -0.05) is 58.1 Å². The minimum atomic E-state index is -1.42. The van der Waals surface area contributed by atoms with Crippen LogP contribution in [-0.4, -0.2) is 31.5 Å². The van der Waals surface area contributed by atoms with Crippen molar-refractivity contribution in [1.29, 1.82) is 0 Å². The third kappa shape index (κ3) is 7.11. The van der Waals surface area contributed by atoms with Gasteiger partial charge in [-0.05, 0) is 30.0 Å². The first-order valence-electron chi connectivity index (χ1n) is 10.6. The Balaban J connectivity index is 1.47. The summed E-state index contributed by atoms with van der Waals surface area (Å²) >= 11 is 0. The summed E-state index contributed by atoms with van der Waals surface area (Å²) in [5.41, 5.74) is 0.476. The molecule has 0 saturated carbocycles. The van der Waals surface area contributed by atoms with E-state index in [2.05, 4.69) is 13.8 Å². The van der Waals surface area contributed by atoms with Gasteiger partial charge in [0.15, 0.2) is 9.03 Å². The quantitative estimate of drug-likeness (QED) is 0.339. The molecule has 1 N–H and O–H groups in total. The maximum Gasteiger partial charge on any atom is 0.333 e. The highest BCUT2D eigenvalue weighted by Crippen LogP contribution is 2.58. The Morgan fingerprint density at radius 3 is 2.66 bits per heavy atom. The van der Waals surface area contributed by atoms with E-state index in [0.29, 0.717) is 26.4 Å². The molecular weight excluding hydrogens is 410 g/mol. The van der Waals surface area contributed by atoms with Crippen molar-refractivity contribution >= 4 is 17.6 Å². The Hall–Kier alpha value is -0.320. The lowest BCUT2D eigenvalue weighted by molar-refractivity contribution is -0.111. The molecule has 2 heterocycles. The van der Waals surface area contributed by atoms with E-state index in [0.717, 1.165) is 17.9 Å². The molecule has 1 spiro atoms. The van der Waals surface area contributed by atoms with Crippen LogP contribution in [0, 0.1) is 11.3 Å². The lowest BCUT2D eigenvalue weighted by Gasteiger charge is -2.46. The standard InChI is InChI=1S/C21H34O6P2/c1-17(2)9-6-4-3-5-7-12-25-29-26-16-21(14-23-28-24-15-21)20(27-29)18-10-8-11-19(22)13-18/h8,10-11,13,17,20,22,28H,3-7,9,12,14-16H2,1-2H3. The van der Waals surface area contributed by atoms with Crippen molar-refractivity contribution in [2.24, 2.45) is 11.3 Å². The van der Waals surface area contributed by atoms with Crippen molar-refractivity contribution in [2.45, 2.75) is 58.5 Å². The van der Waals surface area contributed by atoms with E-state index in [-0.39, 0.29) is 20.9 Å². The molecule has 2 unspecified atom stereocenters. The molecule has 3 rings (SSSR count). The molecule has 2 aliphatic rings. The van der Waals surface area contributed by atoms with E-state index >= 15 is 0 Å².